The predicted molar refractivity (Wildman–Crippen MR) is 107 cm³/mol. The molecule has 1 aromatic heterocycles. The standard InChI is InChI=1S/C20H19N3O4S/c24-18(21-8-6-13-4-2-1-3-5-13)7-9-23-19(25)14-10-16-17(27-12-26-16)11-15(14)22-20(23)28/h1-5,10-11H,6-9,12H2,(H,21,24)(H,22,28). The van der Waals surface area contributed by atoms with Crippen molar-refractivity contribution < 1.29 is 14.3 Å². The van der Waals surface area contributed by atoms with E-state index in [-0.39, 0.29) is 36.0 Å². The number of hydrogen-bond donors (Lipinski definition) is 2. The quantitative estimate of drug-likeness (QED) is 0.625. The lowest BCUT2D eigenvalue weighted by Gasteiger charge is -2.09. The molecule has 1 aliphatic heterocycles. The van der Waals surface area contributed by atoms with Crippen LogP contribution in [0.2, 0.25) is 0 Å². The summed E-state index contributed by atoms with van der Waals surface area (Å²) >= 11 is 5.30. The highest BCUT2D eigenvalue weighted by Gasteiger charge is 2.17. The van der Waals surface area contributed by atoms with Crippen molar-refractivity contribution in [3.05, 3.63) is 63.2 Å². The van der Waals surface area contributed by atoms with Gasteiger partial charge in [0.15, 0.2) is 16.3 Å². The molecular weight excluding hydrogens is 378 g/mol. The number of amides is 1. The molecule has 0 fully saturated rings. The normalized spacial score (nSPS) is 12.3. The highest BCUT2D eigenvalue weighted by molar-refractivity contribution is 7.71. The number of hydrogen-bond acceptors (Lipinski definition) is 5. The van der Waals surface area contributed by atoms with Crippen LogP contribution in [0, 0.1) is 4.77 Å². The number of carbonyl (C=O) groups excluding carboxylic acids is 1. The van der Waals surface area contributed by atoms with Gasteiger partial charge in [0.1, 0.15) is 0 Å². The molecule has 0 saturated carbocycles. The van der Waals surface area contributed by atoms with E-state index in [0.29, 0.717) is 28.9 Å². The largest absolute Gasteiger partial charge is 0.454 e. The molecule has 1 amide bonds. The molecule has 3 aromatic rings. The van der Waals surface area contributed by atoms with Gasteiger partial charge in [-0.15, -0.1) is 0 Å². The first kappa shape index (κ1) is 18.2. The Labute approximate surface area is 165 Å². The van der Waals surface area contributed by atoms with Gasteiger partial charge >= 0.3 is 0 Å². The second-order valence-electron chi connectivity index (χ2n) is 6.47. The first-order chi connectivity index (χ1) is 13.6. The summed E-state index contributed by atoms with van der Waals surface area (Å²) in [5.74, 6) is 0.983. The summed E-state index contributed by atoms with van der Waals surface area (Å²) in [5, 5.41) is 3.32. The van der Waals surface area contributed by atoms with Gasteiger partial charge in [-0.25, -0.2) is 0 Å². The van der Waals surface area contributed by atoms with Gasteiger partial charge in [-0.3, -0.25) is 14.2 Å². The Kier molecular flexibility index (Phi) is 5.12. The second-order valence-corrected chi connectivity index (χ2v) is 6.86. The summed E-state index contributed by atoms with van der Waals surface area (Å²) in [6.07, 6.45) is 0.929. The Morgan fingerprint density at radius 1 is 1.18 bits per heavy atom. The SMILES string of the molecule is O=C(CCn1c(=S)[nH]c2cc3c(cc2c1=O)OCO3)NCCc1ccccc1. The Morgan fingerprint density at radius 3 is 2.71 bits per heavy atom. The van der Waals surface area contributed by atoms with Crippen LogP contribution in [0.15, 0.2) is 47.3 Å². The molecule has 2 N–H and O–H groups in total. The Hall–Kier alpha value is -3.13. The van der Waals surface area contributed by atoms with Crippen LogP contribution in [-0.4, -0.2) is 28.8 Å². The minimum absolute atomic E-state index is 0.122. The van der Waals surface area contributed by atoms with Gasteiger partial charge in [-0.2, -0.15) is 0 Å². The lowest BCUT2D eigenvalue weighted by Crippen LogP contribution is -2.29. The van der Waals surface area contributed by atoms with Crippen molar-refractivity contribution in [1.82, 2.24) is 14.9 Å². The number of aromatic amines is 1. The molecule has 0 atom stereocenters. The number of ether oxygens (including phenoxy) is 2. The molecule has 0 unspecified atom stereocenters. The zero-order valence-electron chi connectivity index (χ0n) is 15.1. The first-order valence-electron chi connectivity index (χ1n) is 8.99. The molecule has 144 valence electrons. The number of carbonyl (C=O) groups is 1. The van der Waals surface area contributed by atoms with Crippen LogP contribution in [-0.2, 0) is 17.8 Å². The van der Waals surface area contributed by atoms with Gasteiger partial charge < -0.3 is 19.8 Å². The fraction of sp³-hybridized carbons (Fsp3) is 0.250. The number of aromatic nitrogens is 2. The van der Waals surface area contributed by atoms with E-state index in [1.807, 2.05) is 30.3 Å². The molecule has 0 saturated heterocycles. The van der Waals surface area contributed by atoms with E-state index in [4.69, 9.17) is 21.7 Å². The van der Waals surface area contributed by atoms with Crippen LogP contribution in [0.3, 0.4) is 0 Å². The third-order valence-corrected chi connectivity index (χ3v) is 4.94. The third kappa shape index (κ3) is 3.77. The van der Waals surface area contributed by atoms with Crippen molar-refractivity contribution in [3.8, 4) is 11.5 Å². The highest BCUT2D eigenvalue weighted by atomic mass is 32.1. The molecule has 0 radical (unpaired) electrons. The molecular formula is C20H19N3O4S. The maximum Gasteiger partial charge on any atom is 0.262 e. The lowest BCUT2D eigenvalue weighted by atomic mass is 10.1. The smallest absolute Gasteiger partial charge is 0.262 e. The topological polar surface area (TPSA) is 85.4 Å². The van der Waals surface area contributed by atoms with Gasteiger partial charge in [0, 0.05) is 25.6 Å². The van der Waals surface area contributed by atoms with Crippen LogP contribution in [0.5, 0.6) is 11.5 Å². The van der Waals surface area contributed by atoms with E-state index in [1.54, 1.807) is 12.1 Å². The summed E-state index contributed by atoms with van der Waals surface area (Å²) in [4.78, 5) is 28.0. The van der Waals surface area contributed by atoms with Crippen LogP contribution >= 0.6 is 12.2 Å². The number of rotatable bonds is 6. The number of nitrogens with one attached hydrogen (secondary N) is 2. The van der Waals surface area contributed by atoms with Gasteiger partial charge in [-0.05, 0) is 30.3 Å². The molecule has 2 aromatic carbocycles. The average Bonchev–Trinajstić information content (AvgIpc) is 3.15. The van der Waals surface area contributed by atoms with Gasteiger partial charge in [-0.1, -0.05) is 30.3 Å². The van der Waals surface area contributed by atoms with Crippen molar-refractivity contribution in [2.24, 2.45) is 0 Å². The molecule has 7 nitrogen and oxygen atoms in total. The van der Waals surface area contributed by atoms with E-state index in [1.165, 1.54) is 4.57 Å². The Morgan fingerprint density at radius 2 is 1.93 bits per heavy atom. The van der Waals surface area contributed by atoms with Gasteiger partial charge in [0.2, 0.25) is 12.7 Å². The number of nitrogens with zero attached hydrogens (tertiary/aromatic N) is 1. The van der Waals surface area contributed by atoms with E-state index < -0.39 is 0 Å². The third-order valence-electron chi connectivity index (χ3n) is 4.62. The second kappa shape index (κ2) is 7.85. The first-order valence-corrected chi connectivity index (χ1v) is 9.40. The van der Waals surface area contributed by atoms with Crippen molar-refractivity contribution in [2.45, 2.75) is 19.4 Å². The van der Waals surface area contributed by atoms with Crippen LogP contribution in [0.25, 0.3) is 10.9 Å². The fourth-order valence-electron chi connectivity index (χ4n) is 3.14. The summed E-state index contributed by atoms with van der Waals surface area (Å²) in [6, 6.07) is 13.3. The van der Waals surface area contributed by atoms with Gasteiger partial charge in [0.25, 0.3) is 5.56 Å². The predicted octanol–water partition coefficient (Wildman–Crippen LogP) is 2.54. The molecule has 0 aliphatic carbocycles. The summed E-state index contributed by atoms with van der Waals surface area (Å²) < 4.78 is 12.3. The highest BCUT2D eigenvalue weighted by Crippen LogP contribution is 2.34. The Bertz CT molecular complexity index is 1140. The van der Waals surface area contributed by atoms with E-state index >= 15 is 0 Å². The molecule has 2 heterocycles. The number of benzene rings is 2. The maximum atomic E-state index is 12.8. The van der Waals surface area contributed by atoms with Crippen molar-refractivity contribution in [2.75, 3.05) is 13.3 Å². The van der Waals surface area contributed by atoms with E-state index in [0.717, 1.165) is 12.0 Å². The zero-order valence-corrected chi connectivity index (χ0v) is 15.9. The zero-order chi connectivity index (χ0) is 19.5. The molecule has 0 spiro atoms. The monoisotopic (exact) mass is 397 g/mol. The Balaban J connectivity index is 1.43. The molecule has 28 heavy (non-hydrogen) atoms. The minimum atomic E-state index is -0.255. The fourth-order valence-corrected chi connectivity index (χ4v) is 3.42. The number of H-pyrrole nitrogens is 1. The number of fused-ring (bicyclic) bond motifs is 2. The maximum absolute atomic E-state index is 12.8. The van der Waals surface area contributed by atoms with Crippen molar-refractivity contribution in [1.29, 1.82) is 0 Å². The molecule has 0 bridgehead atoms. The molecule has 8 heteroatoms. The van der Waals surface area contributed by atoms with Crippen molar-refractivity contribution in [3.63, 3.8) is 0 Å². The van der Waals surface area contributed by atoms with E-state index in [2.05, 4.69) is 10.3 Å². The van der Waals surface area contributed by atoms with Crippen LogP contribution < -0.4 is 20.3 Å². The van der Waals surface area contributed by atoms with Crippen molar-refractivity contribution >= 4 is 29.0 Å². The van der Waals surface area contributed by atoms with Crippen LogP contribution in [0.1, 0.15) is 12.0 Å². The molecule has 4 rings (SSSR count). The van der Waals surface area contributed by atoms with Gasteiger partial charge in [0.05, 0.1) is 10.9 Å². The van der Waals surface area contributed by atoms with E-state index in [9.17, 15) is 9.59 Å². The lowest BCUT2D eigenvalue weighted by molar-refractivity contribution is -0.121. The van der Waals surface area contributed by atoms with Crippen LogP contribution in [0.4, 0.5) is 0 Å². The summed E-state index contributed by atoms with van der Waals surface area (Å²) in [7, 11) is 0. The average molecular weight is 397 g/mol. The minimum Gasteiger partial charge on any atom is -0.454 e. The summed E-state index contributed by atoms with van der Waals surface area (Å²) in [6.45, 7) is 0.880. The summed E-state index contributed by atoms with van der Waals surface area (Å²) in [5.41, 5.74) is 1.49. The molecule has 1 aliphatic rings.